The summed E-state index contributed by atoms with van der Waals surface area (Å²) in [6, 6.07) is 6.48. The molecule has 114 valence electrons. The van der Waals surface area contributed by atoms with E-state index in [2.05, 4.69) is 10.0 Å². The van der Waals surface area contributed by atoms with Gasteiger partial charge >= 0.3 is 5.97 Å². The van der Waals surface area contributed by atoms with Gasteiger partial charge in [-0.15, -0.1) is 0 Å². The summed E-state index contributed by atoms with van der Waals surface area (Å²) < 4.78 is 26.6. The molecule has 0 spiro atoms. The molecule has 3 rings (SSSR count). The Morgan fingerprint density at radius 1 is 1.24 bits per heavy atom. The van der Waals surface area contributed by atoms with Crippen molar-refractivity contribution >= 4 is 21.7 Å². The zero-order valence-corrected chi connectivity index (χ0v) is 12.3. The fourth-order valence-corrected chi connectivity index (χ4v) is 3.43. The first-order valence-electron chi connectivity index (χ1n) is 7.01. The van der Waals surface area contributed by atoms with E-state index in [9.17, 15) is 13.2 Å². The van der Waals surface area contributed by atoms with Crippen LogP contribution in [0.5, 0.6) is 0 Å². The smallest absolute Gasteiger partial charge is 0.311 e. The average Bonchev–Trinajstić information content (AvgIpc) is 3.32. The third-order valence-corrected chi connectivity index (χ3v) is 5.54. The zero-order chi connectivity index (χ0) is 15.1. The molecule has 0 amide bonds. The molecule has 0 atom stereocenters. The lowest BCUT2D eigenvalue weighted by molar-refractivity contribution is -0.142. The number of anilines is 1. The Kier molecular flexibility index (Phi) is 3.41. The number of carbonyl (C=O) groups is 1. The normalized spacial score (nSPS) is 20.0. The minimum absolute atomic E-state index is 0.0816. The van der Waals surface area contributed by atoms with Crippen molar-refractivity contribution in [1.82, 2.24) is 4.72 Å². The van der Waals surface area contributed by atoms with E-state index in [-0.39, 0.29) is 10.9 Å². The van der Waals surface area contributed by atoms with Crippen molar-refractivity contribution < 1.29 is 18.3 Å². The summed E-state index contributed by atoms with van der Waals surface area (Å²) in [7, 11) is -3.43. The summed E-state index contributed by atoms with van der Waals surface area (Å²) in [6.07, 6.45) is 3.17. The van der Waals surface area contributed by atoms with Crippen LogP contribution in [-0.4, -0.2) is 32.1 Å². The summed E-state index contributed by atoms with van der Waals surface area (Å²) in [5, 5.41) is 12.2. The molecule has 0 aromatic heterocycles. The monoisotopic (exact) mass is 310 g/mol. The lowest BCUT2D eigenvalue weighted by atomic mass is 10.1. The SMILES string of the molecule is O=C(O)C1(CNc2ccc(S(=O)(=O)NC3CC3)cc2)CC1. The van der Waals surface area contributed by atoms with E-state index in [4.69, 9.17) is 5.11 Å². The minimum Gasteiger partial charge on any atom is -0.481 e. The molecule has 2 aliphatic carbocycles. The van der Waals surface area contributed by atoms with Gasteiger partial charge in [0.05, 0.1) is 10.3 Å². The van der Waals surface area contributed by atoms with E-state index in [1.165, 1.54) is 12.1 Å². The second-order valence-electron chi connectivity index (χ2n) is 5.86. The minimum atomic E-state index is -3.43. The maximum absolute atomic E-state index is 12.0. The number of nitrogens with one attached hydrogen (secondary N) is 2. The van der Waals surface area contributed by atoms with E-state index in [1.54, 1.807) is 12.1 Å². The maximum atomic E-state index is 12.0. The molecule has 0 saturated heterocycles. The number of benzene rings is 1. The molecular formula is C14H18N2O4S. The maximum Gasteiger partial charge on any atom is 0.311 e. The van der Waals surface area contributed by atoms with Gasteiger partial charge in [-0.05, 0) is 49.9 Å². The van der Waals surface area contributed by atoms with Crippen molar-refractivity contribution in [3.05, 3.63) is 24.3 Å². The van der Waals surface area contributed by atoms with Gasteiger partial charge in [0.2, 0.25) is 10.0 Å². The van der Waals surface area contributed by atoms with Gasteiger partial charge < -0.3 is 10.4 Å². The highest BCUT2D eigenvalue weighted by Gasteiger charge is 2.49. The van der Waals surface area contributed by atoms with E-state index in [0.717, 1.165) is 18.5 Å². The fraction of sp³-hybridized carbons (Fsp3) is 0.500. The number of carboxylic acids is 1. The van der Waals surface area contributed by atoms with Crippen LogP contribution < -0.4 is 10.0 Å². The van der Waals surface area contributed by atoms with Crippen LogP contribution in [0.25, 0.3) is 0 Å². The number of aliphatic carboxylic acids is 1. The van der Waals surface area contributed by atoms with Crippen LogP contribution >= 0.6 is 0 Å². The van der Waals surface area contributed by atoms with Crippen molar-refractivity contribution in [1.29, 1.82) is 0 Å². The second kappa shape index (κ2) is 4.99. The molecule has 1 aromatic carbocycles. The summed E-state index contributed by atoms with van der Waals surface area (Å²) >= 11 is 0. The zero-order valence-electron chi connectivity index (χ0n) is 11.5. The van der Waals surface area contributed by atoms with Crippen LogP contribution in [0.4, 0.5) is 5.69 Å². The third-order valence-electron chi connectivity index (χ3n) is 4.00. The first-order valence-corrected chi connectivity index (χ1v) is 8.49. The summed E-state index contributed by atoms with van der Waals surface area (Å²) in [4.78, 5) is 11.3. The topological polar surface area (TPSA) is 95.5 Å². The van der Waals surface area contributed by atoms with E-state index in [1.807, 2.05) is 0 Å². The molecule has 0 aliphatic heterocycles. The lowest BCUT2D eigenvalue weighted by Gasteiger charge is -2.12. The molecule has 1 aromatic rings. The Balaban J connectivity index is 1.63. The van der Waals surface area contributed by atoms with Gasteiger partial charge in [-0.25, -0.2) is 13.1 Å². The van der Waals surface area contributed by atoms with Crippen molar-refractivity contribution in [2.45, 2.75) is 36.6 Å². The Hall–Kier alpha value is -1.60. The average molecular weight is 310 g/mol. The van der Waals surface area contributed by atoms with Gasteiger partial charge in [0.15, 0.2) is 0 Å². The van der Waals surface area contributed by atoms with Crippen molar-refractivity contribution in [3.8, 4) is 0 Å². The predicted molar refractivity (Wildman–Crippen MR) is 77.6 cm³/mol. The Labute approximate surface area is 123 Å². The van der Waals surface area contributed by atoms with Crippen LogP contribution in [0.3, 0.4) is 0 Å². The number of sulfonamides is 1. The highest BCUT2D eigenvalue weighted by molar-refractivity contribution is 7.89. The van der Waals surface area contributed by atoms with Crippen LogP contribution in [-0.2, 0) is 14.8 Å². The highest BCUT2D eigenvalue weighted by atomic mass is 32.2. The van der Waals surface area contributed by atoms with Gasteiger partial charge in [0.1, 0.15) is 0 Å². The quantitative estimate of drug-likeness (QED) is 0.707. The van der Waals surface area contributed by atoms with E-state index < -0.39 is 21.4 Å². The first-order chi connectivity index (χ1) is 9.91. The Morgan fingerprint density at radius 3 is 2.33 bits per heavy atom. The van der Waals surface area contributed by atoms with Crippen molar-refractivity contribution in [2.75, 3.05) is 11.9 Å². The molecule has 2 aliphatic rings. The largest absolute Gasteiger partial charge is 0.481 e. The number of hydrogen-bond donors (Lipinski definition) is 3. The molecule has 21 heavy (non-hydrogen) atoms. The molecule has 0 heterocycles. The van der Waals surface area contributed by atoms with Crippen molar-refractivity contribution in [2.24, 2.45) is 5.41 Å². The van der Waals surface area contributed by atoms with Gasteiger partial charge in [-0.1, -0.05) is 0 Å². The third kappa shape index (κ3) is 3.19. The van der Waals surface area contributed by atoms with Crippen LogP contribution in [0.15, 0.2) is 29.2 Å². The lowest BCUT2D eigenvalue weighted by Crippen LogP contribution is -2.26. The van der Waals surface area contributed by atoms with Crippen LogP contribution in [0.2, 0.25) is 0 Å². The molecular weight excluding hydrogens is 292 g/mol. The standard InChI is InChI=1S/C14H18N2O4S/c17-13(18)14(7-8-14)9-15-10-3-5-12(6-4-10)21(19,20)16-11-1-2-11/h3-6,11,15-16H,1-2,7-9H2,(H,17,18). The molecule has 6 nitrogen and oxygen atoms in total. The van der Waals surface area contributed by atoms with Gasteiger partial charge in [0, 0.05) is 18.3 Å². The molecule has 2 fully saturated rings. The molecule has 3 N–H and O–H groups in total. The van der Waals surface area contributed by atoms with Gasteiger partial charge in [0.25, 0.3) is 0 Å². The Bertz CT molecular complexity index is 646. The van der Waals surface area contributed by atoms with Gasteiger partial charge in [-0.3, -0.25) is 4.79 Å². The number of carboxylic acid groups (broad SMARTS) is 1. The molecule has 0 bridgehead atoms. The summed E-state index contributed by atoms with van der Waals surface area (Å²) in [5.74, 6) is -0.775. The van der Waals surface area contributed by atoms with Crippen molar-refractivity contribution in [3.63, 3.8) is 0 Å². The summed E-state index contributed by atoms with van der Waals surface area (Å²) in [6.45, 7) is 0.370. The van der Waals surface area contributed by atoms with Gasteiger partial charge in [-0.2, -0.15) is 0 Å². The van der Waals surface area contributed by atoms with E-state index >= 15 is 0 Å². The molecule has 0 unspecified atom stereocenters. The molecule has 0 radical (unpaired) electrons. The Morgan fingerprint density at radius 2 is 1.86 bits per heavy atom. The summed E-state index contributed by atoms with van der Waals surface area (Å²) in [5.41, 5.74) is 0.0889. The number of hydrogen-bond acceptors (Lipinski definition) is 4. The second-order valence-corrected chi connectivity index (χ2v) is 7.57. The first kappa shape index (κ1) is 14.3. The van der Waals surface area contributed by atoms with Crippen LogP contribution in [0.1, 0.15) is 25.7 Å². The highest BCUT2D eigenvalue weighted by Crippen LogP contribution is 2.45. The van der Waals surface area contributed by atoms with Crippen LogP contribution in [0, 0.1) is 5.41 Å². The molecule has 7 heteroatoms. The molecule has 2 saturated carbocycles. The number of rotatable bonds is 7. The fourth-order valence-electron chi connectivity index (χ4n) is 2.13. The van der Waals surface area contributed by atoms with E-state index in [0.29, 0.717) is 19.4 Å². The predicted octanol–water partition coefficient (Wildman–Crippen LogP) is 1.40.